The van der Waals surface area contributed by atoms with Gasteiger partial charge in [0.05, 0.1) is 19.4 Å². The topological polar surface area (TPSA) is 146 Å². The normalized spacial score (nSPS) is 13.6. The van der Waals surface area contributed by atoms with E-state index in [9.17, 15) is 24.6 Å². The summed E-state index contributed by atoms with van der Waals surface area (Å²) in [6.07, 6.45) is 0.161. The number of aromatic hydroxyl groups is 1. The minimum absolute atomic E-state index is 0.0247. The van der Waals surface area contributed by atoms with Crippen molar-refractivity contribution >= 4 is 23.2 Å². The van der Waals surface area contributed by atoms with Gasteiger partial charge in [-0.25, -0.2) is 19.6 Å². The third-order valence-corrected chi connectivity index (χ3v) is 4.75. The number of rotatable bonds is 6. The SMILES string of the molecule is COC(=Cc1ccc(O)cc1)C(=O)OC(c1cnc2c(n1)c(=O)n(C)c(=O)n2C)C(C)O. The number of carbonyl (C=O) groups excluding carboxylic acids is 1. The average molecular weight is 442 g/mol. The Balaban J connectivity index is 1.98. The zero-order chi connectivity index (χ0) is 23.6. The van der Waals surface area contributed by atoms with Crippen LogP contribution < -0.4 is 11.2 Å². The van der Waals surface area contributed by atoms with Crippen LogP contribution in [0, 0.1) is 0 Å². The van der Waals surface area contributed by atoms with Crippen molar-refractivity contribution in [2.24, 2.45) is 14.1 Å². The molecule has 3 aromatic rings. The summed E-state index contributed by atoms with van der Waals surface area (Å²) in [5.41, 5.74) is -0.690. The first-order valence-corrected chi connectivity index (χ1v) is 9.50. The molecular formula is C21H22N4O7. The molecule has 0 spiro atoms. The summed E-state index contributed by atoms with van der Waals surface area (Å²) < 4.78 is 12.6. The number of phenolic OH excluding ortho intramolecular Hbond substituents is 1. The largest absolute Gasteiger partial charge is 0.508 e. The third-order valence-electron chi connectivity index (χ3n) is 4.75. The summed E-state index contributed by atoms with van der Waals surface area (Å²) >= 11 is 0. The molecule has 168 valence electrons. The number of methoxy groups -OCH3 is 1. The van der Waals surface area contributed by atoms with Gasteiger partial charge in [-0.3, -0.25) is 13.9 Å². The Bertz CT molecular complexity index is 1310. The van der Waals surface area contributed by atoms with E-state index < -0.39 is 29.4 Å². The first-order chi connectivity index (χ1) is 15.1. The van der Waals surface area contributed by atoms with Crippen molar-refractivity contribution in [2.45, 2.75) is 19.1 Å². The number of carbonyl (C=O) groups is 1. The number of nitrogens with zero attached hydrogens (tertiary/aromatic N) is 4. The summed E-state index contributed by atoms with van der Waals surface area (Å²) in [7, 11) is 4.04. The van der Waals surface area contributed by atoms with Crippen LogP contribution in [0.4, 0.5) is 0 Å². The van der Waals surface area contributed by atoms with Gasteiger partial charge in [-0.2, -0.15) is 0 Å². The first-order valence-electron chi connectivity index (χ1n) is 9.50. The Hall–Kier alpha value is -3.99. The number of esters is 1. The Morgan fingerprint density at radius 2 is 1.81 bits per heavy atom. The zero-order valence-electron chi connectivity index (χ0n) is 17.8. The lowest BCUT2D eigenvalue weighted by atomic mass is 10.1. The average Bonchev–Trinajstić information content (AvgIpc) is 2.78. The van der Waals surface area contributed by atoms with E-state index in [2.05, 4.69) is 9.97 Å². The number of ether oxygens (including phenoxy) is 2. The molecule has 0 saturated carbocycles. The van der Waals surface area contributed by atoms with Crippen LogP contribution in [0.1, 0.15) is 24.3 Å². The molecular weight excluding hydrogens is 420 g/mol. The van der Waals surface area contributed by atoms with Gasteiger partial charge < -0.3 is 19.7 Å². The molecule has 0 radical (unpaired) electrons. The van der Waals surface area contributed by atoms with E-state index in [1.807, 2.05) is 0 Å². The van der Waals surface area contributed by atoms with Crippen molar-refractivity contribution < 1.29 is 24.5 Å². The molecule has 0 aliphatic carbocycles. The minimum atomic E-state index is -1.26. The van der Waals surface area contributed by atoms with Crippen molar-refractivity contribution in [1.82, 2.24) is 19.1 Å². The number of aliphatic hydroxyl groups excluding tert-OH is 1. The molecule has 0 saturated heterocycles. The van der Waals surface area contributed by atoms with Crippen LogP contribution in [0.2, 0.25) is 0 Å². The van der Waals surface area contributed by atoms with Gasteiger partial charge in [-0.05, 0) is 30.7 Å². The number of hydrogen-bond donors (Lipinski definition) is 2. The van der Waals surface area contributed by atoms with Crippen molar-refractivity contribution in [1.29, 1.82) is 0 Å². The molecule has 32 heavy (non-hydrogen) atoms. The Morgan fingerprint density at radius 3 is 2.41 bits per heavy atom. The summed E-state index contributed by atoms with van der Waals surface area (Å²) in [4.78, 5) is 45.5. The summed E-state index contributed by atoms with van der Waals surface area (Å²) in [5, 5.41) is 19.6. The van der Waals surface area contributed by atoms with Crippen molar-refractivity contribution in [3.63, 3.8) is 0 Å². The van der Waals surface area contributed by atoms with Gasteiger partial charge in [0.1, 0.15) is 11.4 Å². The van der Waals surface area contributed by atoms with Crippen molar-refractivity contribution in [3.8, 4) is 5.75 Å². The van der Waals surface area contributed by atoms with Gasteiger partial charge in [0.25, 0.3) is 5.56 Å². The standard InChI is InChI=1S/C21H22N4O7/c1-11(26)17(32-20(29)15(31-4)9-12-5-7-13(27)8-6-12)14-10-22-18-16(23-14)19(28)25(3)21(30)24(18)2/h5-11,17,26-27H,1-4H3. The van der Waals surface area contributed by atoms with Gasteiger partial charge in [0.15, 0.2) is 17.3 Å². The van der Waals surface area contributed by atoms with Crippen LogP contribution >= 0.6 is 0 Å². The van der Waals surface area contributed by atoms with Crippen LogP contribution in [0.3, 0.4) is 0 Å². The zero-order valence-corrected chi connectivity index (χ0v) is 17.8. The first kappa shape index (κ1) is 22.7. The summed E-state index contributed by atoms with van der Waals surface area (Å²) in [5.74, 6) is -0.980. The summed E-state index contributed by atoms with van der Waals surface area (Å²) in [6, 6.07) is 6.04. The molecule has 11 nitrogen and oxygen atoms in total. The van der Waals surface area contributed by atoms with E-state index in [1.165, 1.54) is 57.1 Å². The Morgan fingerprint density at radius 1 is 1.16 bits per heavy atom. The highest BCUT2D eigenvalue weighted by molar-refractivity contribution is 5.91. The van der Waals surface area contributed by atoms with Crippen LogP contribution in [0.25, 0.3) is 17.2 Å². The second-order valence-corrected chi connectivity index (χ2v) is 7.04. The Kier molecular flexibility index (Phi) is 6.40. The molecule has 2 unspecified atom stereocenters. The van der Waals surface area contributed by atoms with Crippen LogP contribution in [-0.4, -0.2) is 48.5 Å². The van der Waals surface area contributed by atoms with Crippen molar-refractivity contribution in [2.75, 3.05) is 7.11 Å². The van der Waals surface area contributed by atoms with Gasteiger partial charge in [0, 0.05) is 14.1 Å². The number of aliphatic hydroxyl groups is 1. The number of hydrogen-bond acceptors (Lipinski definition) is 9. The minimum Gasteiger partial charge on any atom is -0.508 e. The second kappa shape index (κ2) is 9.02. The maximum Gasteiger partial charge on any atom is 0.374 e. The number of aromatic nitrogens is 4. The van der Waals surface area contributed by atoms with Crippen molar-refractivity contribution in [3.05, 3.63) is 68.3 Å². The quantitative estimate of drug-likeness (QED) is 0.314. The molecule has 2 N–H and O–H groups in total. The van der Waals surface area contributed by atoms with E-state index in [0.717, 1.165) is 4.57 Å². The van der Waals surface area contributed by atoms with Gasteiger partial charge in [-0.15, -0.1) is 0 Å². The predicted octanol–water partition coefficient (Wildman–Crippen LogP) is 0.385. The number of benzene rings is 1. The predicted molar refractivity (Wildman–Crippen MR) is 114 cm³/mol. The maximum atomic E-state index is 12.7. The van der Waals surface area contributed by atoms with Gasteiger partial charge >= 0.3 is 11.7 Å². The van der Waals surface area contributed by atoms with Gasteiger partial charge in [-0.1, -0.05) is 12.1 Å². The lowest BCUT2D eigenvalue weighted by molar-refractivity contribution is -0.154. The number of fused-ring (bicyclic) bond motifs is 1. The fourth-order valence-electron chi connectivity index (χ4n) is 2.99. The molecule has 2 atom stereocenters. The lowest BCUT2D eigenvalue weighted by Gasteiger charge is -2.20. The molecule has 2 aromatic heterocycles. The van der Waals surface area contributed by atoms with E-state index in [-0.39, 0.29) is 28.4 Å². The lowest BCUT2D eigenvalue weighted by Crippen LogP contribution is -2.38. The fraction of sp³-hybridized carbons (Fsp3) is 0.286. The molecule has 0 amide bonds. The highest BCUT2D eigenvalue weighted by Crippen LogP contribution is 2.23. The number of phenols is 1. The molecule has 0 fully saturated rings. The molecule has 1 aromatic carbocycles. The van der Waals surface area contributed by atoms with E-state index in [0.29, 0.717) is 5.56 Å². The summed E-state index contributed by atoms with van der Waals surface area (Å²) in [6.45, 7) is 1.39. The second-order valence-electron chi connectivity index (χ2n) is 7.04. The highest BCUT2D eigenvalue weighted by atomic mass is 16.6. The molecule has 0 bridgehead atoms. The molecule has 2 heterocycles. The molecule has 11 heteroatoms. The molecule has 3 rings (SSSR count). The monoisotopic (exact) mass is 442 g/mol. The highest BCUT2D eigenvalue weighted by Gasteiger charge is 2.27. The molecule has 0 aliphatic heterocycles. The van der Waals surface area contributed by atoms with E-state index >= 15 is 0 Å². The Labute approximate surface area is 181 Å². The van der Waals surface area contributed by atoms with Gasteiger partial charge in [0.2, 0.25) is 5.76 Å². The third kappa shape index (κ3) is 4.37. The number of aryl methyl sites for hydroxylation is 1. The smallest absolute Gasteiger partial charge is 0.374 e. The van der Waals surface area contributed by atoms with E-state index in [4.69, 9.17) is 9.47 Å². The van der Waals surface area contributed by atoms with Crippen LogP contribution in [0.5, 0.6) is 5.75 Å². The van der Waals surface area contributed by atoms with E-state index in [1.54, 1.807) is 12.1 Å². The molecule has 0 aliphatic rings. The maximum absolute atomic E-state index is 12.7. The van der Waals surface area contributed by atoms with Crippen LogP contribution in [-0.2, 0) is 28.4 Å². The van der Waals surface area contributed by atoms with Crippen LogP contribution in [0.15, 0.2) is 45.8 Å². The fourth-order valence-corrected chi connectivity index (χ4v) is 2.99.